The molecule has 1 aliphatic rings. The van der Waals surface area contributed by atoms with Gasteiger partial charge in [0.15, 0.2) is 0 Å². The lowest BCUT2D eigenvalue weighted by molar-refractivity contribution is 0.0496. The van der Waals surface area contributed by atoms with Crippen LogP contribution in [0.4, 0.5) is 19.7 Å². The Morgan fingerprint density at radius 1 is 1.48 bits per heavy atom. The van der Waals surface area contributed by atoms with Crippen LogP contribution in [0.3, 0.4) is 0 Å². The number of benzene rings is 1. The number of hydrogen-bond donors (Lipinski definition) is 1. The highest BCUT2D eigenvalue weighted by Gasteiger charge is 2.33. The summed E-state index contributed by atoms with van der Waals surface area (Å²) in [6.45, 7) is 7.29. The van der Waals surface area contributed by atoms with E-state index in [2.05, 4.69) is 5.32 Å². The van der Waals surface area contributed by atoms with Gasteiger partial charge in [0.25, 0.3) is 0 Å². The lowest BCUT2D eigenvalue weighted by atomic mass is 10.2. The van der Waals surface area contributed by atoms with Crippen molar-refractivity contribution < 1.29 is 23.5 Å². The Hall–Kier alpha value is -2.31. The number of amides is 2. The number of anilines is 1. The van der Waals surface area contributed by atoms with Gasteiger partial charge in [-0.2, -0.15) is 0 Å². The van der Waals surface area contributed by atoms with E-state index in [4.69, 9.17) is 9.47 Å². The number of hydrogen-bond acceptors (Lipinski definition) is 4. The highest BCUT2D eigenvalue weighted by molar-refractivity contribution is 5.89. The van der Waals surface area contributed by atoms with Gasteiger partial charge in [0.05, 0.1) is 18.8 Å². The third-order valence-corrected chi connectivity index (χ3v) is 3.21. The SMILES string of the molecule is Cc1ccc(N2C[C@@H](CNC(=O)OC(C)(C)C)OC2=O)cc1F. The van der Waals surface area contributed by atoms with Crippen LogP contribution in [0.5, 0.6) is 0 Å². The molecular weight excluding hydrogens is 303 g/mol. The lowest BCUT2D eigenvalue weighted by Crippen LogP contribution is -2.38. The molecule has 0 bridgehead atoms. The number of halogens is 1. The highest BCUT2D eigenvalue weighted by Crippen LogP contribution is 2.23. The van der Waals surface area contributed by atoms with Crippen molar-refractivity contribution in [2.45, 2.75) is 39.4 Å². The number of rotatable bonds is 3. The van der Waals surface area contributed by atoms with E-state index in [0.717, 1.165) is 0 Å². The molecule has 7 heteroatoms. The molecule has 1 heterocycles. The van der Waals surface area contributed by atoms with Crippen molar-refractivity contribution in [3.05, 3.63) is 29.6 Å². The van der Waals surface area contributed by atoms with Crippen LogP contribution < -0.4 is 10.2 Å². The molecule has 2 rings (SSSR count). The molecule has 0 aliphatic carbocycles. The number of ether oxygens (including phenoxy) is 2. The molecule has 1 fully saturated rings. The van der Waals surface area contributed by atoms with Crippen molar-refractivity contribution in [3.8, 4) is 0 Å². The van der Waals surface area contributed by atoms with Gasteiger partial charge in [0.2, 0.25) is 0 Å². The first kappa shape index (κ1) is 17.1. The third kappa shape index (κ3) is 4.58. The smallest absolute Gasteiger partial charge is 0.414 e. The maximum Gasteiger partial charge on any atom is 0.414 e. The minimum Gasteiger partial charge on any atom is -0.444 e. The molecule has 126 valence electrons. The average Bonchev–Trinajstić information content (AvgIpc) is 2.79. The summed E-state index contributed by atoms with van der Waals surface area (Å²) in [5.41, 5.74) is 0.337. The van der Waals surface area contributed by atoms with Gasteiger partial charge in [0.1, 0.15) is 17.5 Å². The van der Waals surface area contributed by atoms with Crippen LogP contribution in [0.2, 0.25) is 0 Å². The molecule has 0 unspecified atom stereocenters. The van der Waals surface area contributed by atoms with Gasteiger partial charge in [0, 0.05) is 0 Å². The van der Waals surface area contributed by atoms with Gasteiger partial charge < -0.3 is 14.8 Å². The molecule has 0 aromatic heterocycles. The predicted molar refractivity (Wildman–Crippen MR) is 83.0 cm³/mol. The maximum absolute atomic E-state index is 13.6. The number of aryl methyl sites for hydroxylation is 1. The maximum atomic E-state index is 13.6. The predicted octanol–water partition coefficient (Wildman–Crippen LogP) is 2.98. The molecule has 0 radical (unpaired) electrons. The van der Waals surface area contributed by atoms with Crippen molar-refractivity contribution in [2.75, 3.05) is 18.0 Å². The fraction of sp³-hybridized carbons (Fsp3) is 0.500. The van der Waals surface area contributed by atoms with Gasteiger partial charge >= 0.3 is 12.2 Å². The molecule has 23 heavy (non-hydrogen) atoms. The van der Waals surface area contributed by atoms with Crippen LogP contribution in [0.25, 0.3) is 0 Å². The van der Waals surface area contributed by atoms with Crippen molar-refractivity contribution in [1.29, 1.82) is 0 Å². The number of alkyl carbamates (subject to hydrolysis) is 1. The Morgan fingerprint density at radius 2 is 2.17 bits per heavy atom. The third-order valence-electron chi connectivity index (χ3n) is 3.21. The Bertz CT molecular complexity index is 613. The molecule has 1 atom stereocenters. The Kier molecular flexibility index (Phi) is 4.77. The molecule has 0 spiro atoms. The van der Waals surface area contributed by atoms with Crippen molar-refractivity contribution in [2.24, 2.45) is 0 Å². The molecule has 6 nitrogen and oxygen atoms in total. The quantitative estimate of drug-likeness (QED) is 0.928. The number of nitrogens with zero attached hydrogens (tertiary/aromatic N) is 1. The number of nitrogens with one attached hydrogen (secondary N) is 1. The van der Waals surface area contributed by atoms with E-state index in [0.29, 0.717) is 11.3 Å². The fourth-order valence-electron chi connectivity index (χ4n) is 2.10. The largest absolute Gasteiger partial charge is 0.444 e. The summed E-state index contributed by atoms with van der Waals surface area (Å²) in [6.07, 6.45) is -1.66. The first-order valence-electron chi connectivity index (χ1n) is 7.37. The second kappa shape index (κ2) is 6.44. The molecule has 2 amide bonds. The van der Waals surface area contributed by atoms with Crippen molar-refractivity contribution in [1.82, 2.24) is 5.32 Å². The second-order valence-electron chi connectivity index (χ2n) is 6.43. The van der Waals surface area contributed by atoms with Crippen LogP contribution in [-0.2, 0) is 9.47 Å². The zero-order valence-corrected chi connectivity index (χ0v) is 13.7. The number of carbonyl (C=O) groups is 2. The Labute approximate surface area is 134 Å². The normalized spacial score (nSPS) is 17.9. The monoisotopic (exact) mass is 324 g/mol. The highest BCUT2D eigenvalue weighted by atomic mass is 19.1. The zero-order valence-electron chi connectivity index (χ0n) is 13.7. The first-order chi connectivity index (χ1) is 10.7. The molecule has 1 N–H and O–H groups in total. The first-order valence-corrected chi connectivity index (χ1v) is 7.37. The van der Waals surface area contributed by atoms with E-state index >= 15 is 0 Å². The minimum absolute atomic E-state index is 0.130. The summed E-state index contributed by atoms with van der Waals surface area (Å²) in [6, 6.07) is 4.55. The summed E-state index contributed by atoms with van der Waals surface area (Å²) in [5, 5.41) is 2.56. The van der Waals surface area contributed by atoms with Crippen LogP contribution in [0.15, 0.2) is 18.2 Å². The van der Waals surface area contributed by atoms with E-state index < -0.39 is 23.9 Å². The number of cyclic esters (lactones) is 1. The topological polar surface area (TPSA) is 67.9 Å². The van der Waals surface area contributed by atoms with Gasteiger partial charge in [-0.1, -0.05) is 6.07 Å². The Balaban J connectivity index is 1.92. The van der Waals surface area contributed by atoms with Gasteiger partial charge in [-0.25, -0.2) is 14.0 Å². The van der Waals surface area contributed by atoms with E-state index in [-0.39, 0.29) is 18.9 Å². The van der Waals surface area contributed by atoms with Gasteiger partial charge in [-0.05, 0) is 45.4 Å². The standard InChI is InChI=1S/C16H21FN2O4/c1-10-5-6-11(7-13(10)17)19-9-12(22-15(19)21)8-18-14(20)23-16(2,3)4/h5-7,12H,8-9H2,1-4H3,(H,18,20)/t12-/m1/s1. The minimum atomic E-state index is -0.595. The van der Waals surface area contributed by atoms with E-state index in [1.165, 1.54) is 11.0 Å². The van der Waals surface area contributed by atoms with Crippen LogP contribution in [0.1, 0.15) is 26.3 Å². The van der Waals surface area contributed by atoms with E-state index in [9.17, 15) is 14.0 Å². The molecule has 0 saturated carbocycles. The number of carbonyl (C=O) groups excluding carboxylic acids is 2. The summed E-state index contributed by atoms with van der Waals surface area (Å²) >= 11 is 0. The van der Waals surface area contributed by atoms with Gasteiger partial charge in [-0.3, -0.25) is 4.90 Å². The van der Waals surface area contributed by atoms with E-state index in [1.807, 2.05) is 0 Å². The molecule has 1 aliphatic heterocycles. The second-order valence-corrected chi connectivity index (χ2v) is 6.43. The molecule has 1 aromatic carbocycles. The van der Waals surface area contributed by atoms with E-state index in [1.54, 1.807) is 39.8 Å². The summed E-state index contributed by atoms with van der Waals surface area (Å²) in [5.74, 6) is -0.384. The van der Waals surface area contributed by atoms with Crippen molar-refractivity contribution >= 4 is 17.9 Å². The fourth-order valence-corrected chi connectivity index (χ4v) is 2.10. The molecule has 1 aromatic rings. The lowest BCUT2D eigenvalue weighted by Gasteiger charge is -2.20. The van der Waals surface area contributed by atoms with Crippen LogP contribution in [-0.4, -0.2) is 37.0 Å². The Morgan fingerprint density at radius 3 is 2.78 bits per heavy atom. The summed E-state index contributed by atoms with van der Waals surface area (Å²) < 4.78 is 23.9. The van der Waals surface area contributed by atoms with Crippen LogP contribution in [0, 0.1) is 12.7 Å². The average molecular weight is 324 g/mol. The zero-order chi connectivity index (χ0) is 17.2. The van der Waals surface area contributed by atoms with Gasteiger partial charge in [-0.15, -0.1) is 0 Å². The van der Waals surface area contributed by atoms with Crippen LogP contribution >= 0.6 is 0 Å². The van der Waals surface area contributed by atoms with Crippen molar-refractivity contribution in [3.63, 3.8) is 0 Å². The molecular formula is C16H21FN2O4. The molecule has 1 saturated heterocycles. The summed E-state index contributed by atoms with van der Waals surface area (Å²) in [4.78, 5) is 24.8. The summed E-state index contributed by atoms with van der Waals surface area (Å²) in [7, 11) is 0.